The van der Waals surface area contributed by atoms with E-state index in [-0.39, 0.29) is 26.4 Å². The number of unbranched alkanes of at least 4 members (excludes halogenated alkanes) is 12. The number of amides is 1. The van der Waals surface area contributed by atoms with Crippen molar-refractivity contribution in [3.8, 4) is 0 Å². The van der Waals surface area contributed by atoms with Crippen molar-refractivity contribution < 1.29 is 42.7 Å². The topological polar surface area (TPSA) is 111 Å². The summed E-state index contributed by atoms with van der Waals surface area (Å²) in [4.78, 5) is 26.2. The number of carbonyl (C=O) groups excluding carboxylic acids is 2. The molecule has 10 nitrogen and oxygen atoms in total. The van der Waals surface area contributed by atoms with Crippen LogP contribution in [0.25, 0.3) is 0 Å². The minimum absolute atomic E-state index is 0.0722. The summed E-state index contributed by atoms with van der Waals surface area (Å²) in [6, 6.07) is 39.4. The fourth-order valence-corrected chi connectivity index (χ4v) is 8.76. The molecule has 1 heterocycles. The predicted molar refractivity (Wildman–Crippen MR) is 278 cm³/mol. The van der Waals surface area contributed by atoms with Gasteiger partial charge in [0.25, 0.3) is 0 Å². The van der Waals surface area contributed by atoms with Crippen molar-refractivity contribution in [2.45, 2.75) is 199 Å². The van der Waals surface area contributed by atoms with Crippen molar-refractivity contribution in [3.05, 3.63) is 156 Å². The maximum absolute atomic E-state index is 13.8. The highest BCUT2D eigenvalue weighted by Crippen LogP contribution is 2.32. The van der Waals surface area contributed by atoms with Gasteiger partial charge in [-0.3, -0.25) is 4.79 Å². The first-order chi connectivity index (χ1) is 34.1. The molecule has 0 saturated carbocycles. The number of ether oxygens (including phenoxy) is 7. The van der Waals surface area contributed by atoms with E-state index < -0.39 is 60.3 Å². The average molecular weight is 962 g/mol. The number of hydrogen-bond donors (Lipinski definition) is 1. The van der Waals surface area contributed by atoms with Gasteiger partial charge in [0, 0.05) is 6.92 Å². The molecule has 7 atom stereocenters. The van der Waals surface area contributed by atoms with Crippen molar-refractivity contribution in [1.29, 1.82) is 0 Å². The molecule has 1 saturated heterocycles. The molecule has 1 amide bonds. The van der Waals surface area contributed by atoms with Crippen molar-refractivity contribution in [3.63, 3.8) is 0 Å². The first-order valence-corrected chi connectivity index (χ1v) is 26.2. The lowest BCUT2D eigenvalue weighted by Gasteiger charge is -2.45. The summed E-state index contributed by atoms with van der Waals surface area (Å²) in [7, 11) is 0. The number of alkyl carbamates (subject to hydrolysis) is 1. The highest BCUT2D eigenvalue weighted by molar-refractivity contribution is 5.68. The lowest BCUT2D eigenvalue weighted by Crippen LogP contribution is -2.61. The van der Waals surface area contributed by atoms with Gasteiger partial charge in [-0.05, 0) is 49.4 Å². The number of nitrogens with one attached hydrogen (secondary N) is 1. The molecule has 4 aromatic rings. The van der Waals surface area contributed by atoms with E-state index in [1.807, 2.05) is 154 Å². The molecule has 382 valence electrons. The molecule has 4 aromatic carbocycles. The second kappa shape index (κ2) is 32.2. The van der Waals surface area contributed by atoms with Gasteiger partial charge in [0.15, 0.2) is 0 Å². The number of esters is 1. The molecule has 10 heteroatoms. The molecule has 1 aliphatic rings. The lowest BCUT2D eigenvalue weighted by molar-refractivity contribution is -0.261. The Morgan fingerprint density at radius 1 is 0.586 bits per heavy atom. The van der Waals surface area contributed by atoms with Gasteiger partial charge in [-0.1, -0.05) is 224 Å². The fraction of sp³-hybridized carbons (Fsp3) is 0.533. The predicted octanol–water partition coefficient (Wildman–Crippen LogP) is 13.6. The second-order valence-electron chi connectivity index (χ2n) is 19.6. The SMILES string of the molecule is CCCCCCCCCCCCCCC[C@@H](OCc1ccccc1)[C@H](/C=C/[C@H]1O[C@H](COC(C)=O)[C@H](OCc2ccccc2)[C@H](OCc2ccccc2)[C@H]1OCc1ccccc1)NC(=O)OC(C)(C)C. The molecule has 0 aromatic heterocycles. The minimum Gasteiger partial charge on any atom is -0.463 e. The van der Waals surface area contributed by atoms with Crippen LogP contribution in [0.5, 0.6) is 0 Å². The van der Waals surface area contributed by atoms with Gasteiger partial charge in [0.1, 0.15) is 42.7 Å². The van der Waals surface area contributed by atoms with Crippen molar-refractivity contribution in [1.82, 2.24) is 5.32 Å². The summed E-state index contributed by atoms with van der Waals surface area (Å²) in [5.74, 6) is -0.435. The third kappa shape index (κ3) is 22.1. The Bertz CT molecular complexity index is 2010. The molecule has 0 aliphatic carbocycles. The van der Waals surface area contributed by atoms with Gasteiger partial charge >= 0.3 is 12.1 Å². The van der Waals surface area contributed by atoms with E-state index in [9.17, 15) is 9.59 Å². The zero-order valence-corrected chi connectivity index (χ0v) is 42.9. The quantitative estimate of drug-likeness (QED) is 0.0291. The molecular formula is C60H83NO9. The van der Waals surface area contributed by atoms with Gasteiger partial charge < -0.3 is 38.5 Å². The minimum atomic E-state index is -0.743. The first kappa shape index (κ1) is 56.1. The molecule has 1 aliphatic heterocycles. The summed E-state index contributed by atoms with van der Waals surface area (Å²) in [5, 5.41) is 3.18. The van der Waals surface area contributed by atoms with Gasteiger partial charge in [-0.25, -0.2) is 4.79 Å². The molecule has 0 bridgehead atoms. The van der Waals surface area contributed by atoms with E-state index >= 15 is 0 Å². The van der Waals surface area contributed by atoms with Crippen LogP contribution in [0.3, 0.4) is 0 Å². The zero-order chi connectivity index (χ0) is 49.7. The van der Waals surface area contributed by atoms with Crippen LogP contribution < -0.4 is 5.32 Å². The van der Waals surface area contributed by atoms with E-state index in [4.69, 9.17) is 33.2 Å². The van der Waals surface area contributed by atoms with Gasteiger partial charge in [-0.15, -0.1) is 0 Å². The van der Waals surface area contributed by atoms with Crippen molar-refractivity contribution in [2.75, 3.05) is 6.61 Å². The monoisotopic (exact) mass is 962 g/mol. The van der Waals surface area contributed by atoms with Crippen molar-refractivity contribution in [2.24, 2.45) is 0 Å². The number of benzene rings is 4. The molecule has 0 spiro atoms. The molecule has 1 N–H and O–H groups in total. The number of carbonyl (C=O) groups is 2. The Morgan fingerprint density at radius 2 is 1.01 bits per heavy atom. The Kier molecular flexibility index (Phi) is 25.8. The van der Waals surface area contributed by atoms with Crippen LogP contribution >= 0.6 is 0 Å². The molecule has 5 rings (SSSR count). The highest BCUT2D eigenvalue weighted by atomic mass is 16.6. The van der Waals surface area contributed by atoms with Gasteiger partial charge in [0.2, 0.25) is 0 Å². The lowest BCUT2D eigenvalue weighted by atomic mass is 9.92. The fourth-order valence-electron chi connectivity index (χ4n) is 8.76. The zero-order valence-electron chi connectivity index (χ0n) is 42.9. The van der Waals surface area contributed by atoms with E-state index in [0.29, 0.717) is 13.0 Å². The molecule has 70 heavy (non-hydrogen) atoms. The second-order valence-corrected chi connectivity index (χ2v) is 19.6. The van der Waals surface area contributed by atoms with E-state index in [0.717, 1.165) is 41.5 Å². The summed E-state index contributed by atoms with van der Waals surface area (Å²) in [6.07, 6.45) is 16.4. The summed E-state index contributed by atoms with van der Waals surface area (Å²) < 4.78 is 45.9. The van der Waals surface area contributed by atoms with Gasteiger partial charge in [0.05, 0.1) is 38.6 Å². The van der Waals surface area contributed by atoms with E-state index in [1.54, 1.807) is 0 Å². The van der Waals surface area contributed by atoms with Gasteiger partial charge in [-0.2, -0.15) is 0 Å². The Balaban J connectivity index is 1.44. The standard InChI is InChI=1S/C60H83NO9/c1-6-7-8-9-10-11-12-13-14-15-16-17-30-39-53(65-42-48-31-22-18-23-32-48)52(61-59(63)70-60(3,4)5)40-41-54-56(66-43-49-33-24-19-25-34-49)58(68-45-51-37-28-21-29-38-51)57(55(69-54)46-64-47(2)62)67-44-50-35-26-20-27-36-50/h18-29,31-38,40-41,52-58H,6-17,30,39,42-46H2,1-5H3,(H,61,63)/b41-40+/t52-,53+,54+,55+,56-,57-,58+/m0/s1. The van der Waals surface area contributed by atoms with Crippen LogP contribution in [0.4, 0.5) is 4.79 Å². The largest absolute Gasteiger partial charge is 0.463 e. The first-order valence-electron chi connectivity index (χ1n) is 26.2. The van der Waals surface area contributed by atoms with Crippen LogP contribution in [-0.2, 0) is 64.4 Å². The van der Waals surface area contributed by atoms with Crippen LogP contribution in [0, 0.1) is 0 Å². The number of rotatable bonds is 32. The summed E-state index contributed by atoms with van der Waals surface area (Å²) in [5.41, 5.74) is 3.25. The molecule has 0 radical (unpaired) electrons. The van der Waals surface area contributed by atoms with Crippen molar-refractivity contribution >= 4 is 12.1 Å². The third-order valence-electron chi connectivity index (χ3n) is 12.5. The third-order valence-corrected chi connectivity index (χ3v) is 12.5. The van der Waals surface area contributed by atoms with E-state index in [2.05, 4.69) is 12.2 Å². The molecule has 1 fully saturated rings. The normalized spacial score (nSPS) is 19.1. The molecule has 0 unspecified atom stereocenters. The smallest absolute Gasteiger partial charge is 0.408 e. The summed E-state index contributed by atoms with van der Waals surface area (Å²) >= 11 is 0. The maximum Gasteiger partial charge on any atom is 0.408 e. The Morgan fingerprint density at radius 3 is 1.47 bits per heavy atom. The Labute approximate surface area is 420 Å². The maximum atomic E-state index is 13.8. The Hall–Kier alpha value is -4.84. The molecular weight excluding hydrogens is 879 g/mol. The summed E-state index contributed by atoms with van der Waals surface area (Å²) in [6.45, 7) is 10.3. The van der Waals surface area contributed by atoms with E-state index in [1.165, 1.54) is 71.1 Å². The van der Waals surface area contributed by atoms with Crippen LogP contribution in [-0.4, -0.2) is 66.9 Å². The average Bonchev–Trinajstić information content (AvgIpc) is 3.36. The number of hydrogen-bond acceptors (Lipinski definition) is 9. The highest BCUT2D eigenvalue weighted by Gasteiger charge is 2.48. The van der Waals surface area contributed by atoms with Crippen LogP contribution in [0.15, 0.2) is 133 Å². The van der Waals surface area contributed by atoms with Crippen LogP contribution in [0.2, 0.25) is 0 Å². The van der Waals surface area contributed by atoms with Crippen LogP contribution in [0.1, 0.15) is 147 Å².